The lowest BCUT2D eigenvalue weighted by Gasteiger charge is -2.20. The minimum atomic E-state index is -5.37. The first-order valence-electron chi connectivity index (χ1n) is 12.6. The van der Waals surface area contributed by atoms with E-state index < -0.39 is 83.8 Å². The maximum absolute atomic E-state index is 12.4. The molecule has 3 aromatic rings. The van der Waals surface area contributed by atoms with Crippen LogP contribution in [0.15, 0.2) is 37.2 Å². The van der Waals surface area contributed by atoms with Gasteiger partial charge in [0.05, 0.1) is 19.5 Å². The Hall–Kier alpha value is -3.01. The smallest absolute Gasteiger partial charge is 0.387 e. The van der Waals surface area contributed by atoms with Gasteiger partial charge in [0, 0.05) is 6.07 Å². The van der Waals surface area contributed by atoms with Crippen LogP contribution in [0.3, 0.4) is 0 Å². The van der Waals surface area contributed by atoms with E-state index in [0.717, 1.165) is 6.33 Å². The molecule has 0 aliphatic carbocycles. The molecule has 3 unspecified atom stereocenters. The number of aliphatic hydroxyl groups excluding tert-OH is 4. The quantitative estimate of drug-likeness (QED) is 0.0747. The zero-order valence-electron chi connectivity index (χ0n) is 22.2. The van der Waals surface area contributed by atoms with Crippen LogP contribution in [-0.2, 0) is 32.0 Å². The predicted molar refractivity (Wildman–Crippen MR) is 139 cm³/mol. The van der Waals surface area contributed by atoms with E-state index >= 15 is 0 Å². The number of fused-ring (bicyclic) bond motifs is 1. The monoisotopic (exact) mass is 664 g/mol. The maximum atomic E-state index is 12.4. The van der Waals surface area contributed by atoms with Gasteiger partial charge in [-0.25, -0.2) is 24.1 Å². The van der Waals surface area contributed by atoms with Gasteiger partial charge in [-0.05, 0) is 6.07 Å². The van der Waals surface area contributed by atoms with Crippen molar-refractivity contribution < 1.29 is 71.5 Å². The van der Waals surface area contributed by atoms with Crippen LogP contribution in [0.2, 0.25) is 0 Å². The molecule has 0 spiro atoms. The van der Waals surface area contributed by atoms with Gasteiger partial charge >= 0.3 is 15.6 Å². The first kappa shape index (κ1) is 32.4. The van der Waals surface area contributed by atoms with Crippen LogP contribution in [-0.4, -0.2) is 105 Å². The van der Waals surface area contributed by atoms with Gasteiger partial charge in [-0.3, -0.25) is 18.4 Å². The minimum absolute atomic E-state index is 0.0505. The van der Waals surface area contributed by atoms with Crippen molar-refractivity contribution in [3.05, 3.63) is 42.7 Å². The van der Waals surface area contributed by atoms with Gasteiger partial charge in [-0.15, -0.1) is 0 Å². The first-order chi connectivity index (χ1) is 20.7. The Bertz CT molecular complexity index is 1630. The molecule has 21 nitrogen and oxygen atoms in total. The number of aliphatic hydroxyl groups is 4. The van der Waals surface area contributed by atoms with E-state index in [9.17, 15) is 44.1 Å². The normalized spacial score (nSPS) is 31.6. The van der Waals surface area contributed by atoms with E-state index in [0.29, 0.717) is 0 Å². The fraction of sp³-hybridized carbons (Fsp3) is 0.476. The SMILES string of the molecule is NC(=O)c1ccc[n+](C2O[C@H](COP(=O)(O)OP(=O)(O)OC[C@H]3O[C@@H](n4cnc5c(N)ncnc54)[C@H](O)[C@@H]3O)[C@@H](O)[C@H]2O)c1. The number of nitrogens with two attached hydrogens (primary N) is 2. The fourth-order valence-electron chi connectivity index (χ4n) is 4.58. The van der Waals surface area contributed by atoms with Crippen LogP contribution in [0.1, 0.15) is 22.8 Å². The highest BCUT2D eigenvalue weighted by Crippen LogP contribution is 2.60. The predicted octanol–water partition coefficient (Wildman–Crippen LogP) is -3.02. The standard InChI is InChI=1S/C21H27N7O14P2/c22-17-12-19(25-7-24-17)28(8-26-12)21-16(32)14(30)11(41-21)6-39-44(36,37)42-43(34,35)38-5-10-13(29)15(31)20(40-10)27-3-1-2-9(4-27)18(23)33/h1-4,7-8,10-11,13-16,20-21,29-32H,5-6H2,(H5-,22,23,24,25,33,34,35,36,37)/p+1/t10-,11-,13-,14-,15-,16-,20?,21-/m1/s1. The number of nitrogen functional groups attached to an aromatic ring is 1. The van der Waals surface area contributed by atoms with Crippen molar-refractivity contribution >= 4 is 38.5 Å². The third-order valence-corrected chi connectivity index (χ3v) is 9.35. The molecule has 1 amide bonds. The van der Waals surface area contributed by atoms with E-state index in [2.05, 4.69) is 23.8 Å². The van der Waals surface area contributed by atoms with Crippen molar-refractivity contribution in [3.8, 4) is 0 Å². The van der Waals surface area contributed by atoms with Gasteiger partial charge < -0.3 is 51.2 Å². The Labute approximate surface area is 246 Å². The molecule has 2 saturated heterocycles. The lowest BCUT2D eigenvalue weighted by molar-refractivity contribution is -0.765. The average Bonchev–Trinajstić information content (AvgIpc) is 3.61. The number of hydrogen-bond acceptors (Lipinski definition) is 16. The highest BCUT2D eigenvalue weighted by atomic mass is 31.3. The molecule has 3 aromatic heterocycles. The molecule has 10 N–H and O–H groups in total. The lowest BCUT2D eigenvalue weighted by atomic mass is 10.1. The molecule has 0 saturated carbocycles. The number of rotatable bonds is 11. The molecule has 2 aliphatic rings. The summed E-state index contributed by atoms with van der Waals surface area (Å²) in [6.45, 7) is -1.80. The topological polar surface area (TPSA) is 318 Å². The molecule has 2 fully saturated rings. The van der Waals surface area contributed by atoms with Gasteiger partial charge in [0.15, 0.2) is 36.2 Å². The molecule has 2 aliphatic heterocycles. The van der Waals surface area contributed by atoms with E-state index in [-0.39, 0.29) is 22.5 Å². The van der Waals surface area contributed by atoms with Crippen LogP contribution in [0.5, 0.6) is 0 Å². The highest BCUT2D eigenvalue weighted by molar-refractivity contribution is 7.61. The number of carbonyl (C=O) groups excluding carboxylic acids is 1. The molecule has 44 heavy (non-hydrogen) atoms. The summed E-state index contributed by atoms with van der Waals surface area (Å²) >= 11 is 0. The molecule has 10 atom stereocenters. The summed E-state index contributed by atoms with van der Waals surface area (Å²) in [7, 11) is -10.7. The molecular formula is C21H28N7O14P2+. The number of aromatic nitrogens is 5. The second-order valence-corrected chi connectivity index (χ2v) is 12.7. The second-order valence-electron chi connectivity index (χ2n) is 9.69. The summed E-state index contributed by atoms with van der Waals surface area (Å²) < 4.78 is 52.0. The van der Waals surface area contributed by atoms with Crippen molar-refractivity contribution in [1.82, 2.24) is 19.5 Å². The number of pyridine rings is 1. The number of phosphoric acid groups is 2. The average molecular weight is 664 g/mol. The van der Waals surface area contributed by atoms with Crippen molar-refractivity contribution in [2.45, 2.75) is 49.1 Å². The van der Waals surface area contributed by atoms with Gasteiger partial charge in [0.1, 0.15) is 47.9 Å². The summed E-state index contributed by atoms with van der Waals surface area (Å²) in [4.78, 5) is 43.3. The van der Waals surface area contributed by atoms with Gasteiger partial charge in [-0.1, -0.05) is 0 Å². The highest BCUT2D eigenvalue weighted by Gasteiger charge is 2.50. The summed E-state index contributed by atoms with van der Waals surface area (Å²) in [6.07, 6.45) is -6.85. The number of carbonyl (C=O) groups is 1. The summed E-state index contributed by atoms with van der Waals surface area (Å²) in [5, 5.41) is 41.6. The molecular weight excluding hydrogens is 636 g/mol. The van der Waals surface area contributed by atoms with Crippen LogP contribution in [0, 0.1) is 0 Å². The molecule has 0 aromatic carbocycles. The Morgan fingerprint density at radius 1 is 0.977 bits per heavy atom. The largest absolute Gasteiger partial charge is 0.481 e. The van der Waals surface area contributed by atoms with E-state index in [1.807, 2.05) is 0 Å². The second kappa shape index (κ2) is 12.4. The minimum Gasteiger partial charge on any atom is -0.387 e. The van der Waals surface area contributed by atoms with Crippen molar-refractivity contribution in [3.63, 3.8) is 0 Å². The zero-order chi connectivity index (χ0) is 32.0. The number of phosphoric ester groups is 2. The number of primary amides is 1. The van der Waals surface area contributed by atoms with Gasteiger partial charge in [-0.2, -0.15) is 8.88 Å². The van der Waals surface area contributed by atoms with Gasteiger partial charge in [0.25, 0.3) is 12.1 Å². The summed E-state index contributed by atoms with van der Waals surface area (Å²) in [6, 6.07) is 2.83. The summed E-state index contributed by atoms with van der Waals surface area (Å²) in [5.41, 5.74) is 11.4. The lowest BCUT2D eigenvalue weighted by Crippen LogP contribution is -2.46. The Morgan fingerprint density at radius 3 is 2.27 bits per heavy atom. The van der Waals surface area contributed by atoms with Crippen LogP contribution < -0.4 is 16.0 Å². The maximum Gasteiger partial charge on any atom is 0.481 e. The summed E-state index contributed by atoms with van der Waals surface area (Å²) in [5.74, 6) is -0.714. The number of nitrogens with zero attached hydrogens (tertiary/aromatic N) is 5. The first-order valence-corrected chi connectivity index (χ1v) is 15.6. The molecule has 5 rings (SSSR count). The van der Waals surface area contributed by atoms with Crippen molar-refractivity contribution in [2.75, 3.05) is 18.9 Å². The number of ether oxygens (including phenoxy) is 2. The Balaban J connectivity index is 1.16. The van der Waals surface area contributed by atoms with Crippen LogP contribution in [0.4, 0.5) is 5.82 Å². The molecule has 240 valence electrons. The van der Waals surface area contributed by atoms with E-state index in [1.165, 1.54) is 40.0 Å². The fourth-order valence-corrected chi connectivity index (χ4v) is 6.67. The Kier molecular flexibility index (Phi) is 9.13. The van der Waals surface area contributed by atoms with Crippen LogP contribution in [0.25, 0.3) is 11.2 Å². The zero-order valence-corrected chi connectivity index (χ0v) is 24.0. The van der Waals surface area contributed by atoms with E-state index in [4.69, 9.17) is 25.5 Å². The molecule has 0 radical (unpaired) electrons. The number of amides is 1. The molecule has 5 heterocycles. The van der Waals surface area contributed by atoms with Crippen molar-refractivity contribution in [2.24, 2.45) is 5.73 Å². The molecule has 23 heteroatoms. The third-order valence-electron chi connectivity index (χ3n) is 6.75. The molecule has 0 bridgehead atoms. The van der Waals surface area contributed by atoms with Gasteiger partial charge in [0.2, 0.25) is 0 Å². The Morgan fingerprint density at radius 2 is 1.61 bits per heavy atom. The number of hydrogen-bond donors (Lipinski definition) is 8. The number of imidazole rings is 1. The third kappa shape index (κ3) is 6.65. The van der Waals surface area contributed by atoms with E-state index in [1.54, 1.807) is 0 Å². The van der Waals surface area contributed by atoms with Crippen molar-refractivity contribution in [1.29, 1.82) is 0 Å². The number of anilines is 1. The van der Waals surface area contributed by atoms with Crippen LogP contribution >= 0.6 is 15.6 Å².